The van der Waals surface area contributed by atoms with Gasteiger partial charge in [0.05, 0.1) is 0 Å². The topological polar surface area (TPSA) is 15.3 Å². The molecule has 0 aliphatic rings. The third kappa shape index (κ3) is 4.06. The number of nitrogens with one attached hydrogen (secondary N) is 1. The Hall–Kier alpha value is -1.38. The van der Waals surface area contributed by atoms with Crippen LogP contribution in [0.4, 0.5) is 0 Å². The molecule has 1 atom stereocenters. The second kappa shape index (κ2) is 7.41. The Labute approximate surface area is 122 Å². The molecule has 0 radical (unpaired) electrons. The van der Waals surface area contributed by atoms with E-state index >= 15 is 0 Å². The van der Waals surface area contributed by atoms with Crippen molar-refractivity contribution in [1.29, 1.82) is 0 Å². The molecule has 0 fully saturated rings. The van der Waals surface area contributed by atoms with Gasteiger partial charge in [-0.15, -0.1) is 0 Å². The second-order valence-corrected chi connectivity index (χ2v) is 5.45. The Bertz CT molecular complexity index is 532. The van der Waals surface area contributed by atoms with E-state index in [1.165, 1.54) is 16.3 Å². The molecule has 0 heterocycles. The third-order valence-electron chi connectivity index (χ3n) is 3.90. The lowest BCUT2D eigenvalue weighted by Crippen LogP contribution is -2.38. The molecule has 0 aliphatic heterocycles. The van der Waals surface area contributed by atoms with Gasteiger partial charge in [0, 0.05) is 19.1 Å². The molecule has 0 saturated carbocycles. The SMILES string of the molecule is CCN(CC)CC(C)NCc1ccc2ccccc2c1. The highest BCUT2D eigenvalue weighted by Crippen LogP contribution is 2.15. The smallest absolute Gasteiger partial charge is 0.0208 e. The average Bonchev–Trinajstić information content (AvgIpc) is 2.50. The first kappa shape index (κ1) is 15.0. The third-order valence-corrected chi connectivity index (χ3v) is 3.90. The largest absolute Gasteiger partial charge is 0.309 e. The van der Waals surface area contributed by atoms with Crippen molar-refractivity contribution < 1.29 is 0 Å². The predicted octanol–water partition coefficient (Wildman–Crippen LogP) is 3.66. The summed E-state index contributed by atoms with van der Waals surface area (Å²) in [6.07, 6.45) is 0. The molecule has 108 valence electrons. The Balaban J connectivity index is 1.92. The van der Waals surface area contributed by atoms with Gasteiger partial charge in [-0.3, -0.25) is 0 Å². The predicted molar refractivity (Wildman–Crippen MR) is 88.0 cm³/mol. The van der Waals surface area contributed by atoms with Gasteiger partial charge in [0.15, 0.2) is 0 Å². The molecule has 0 bridgehead atoms. The van der Waals surface area contributed by atoms with Crippen LogP contribution in [0, 0.1) is 0 Å². The fourth-order valence-corrected chi connectivity index (χ4v) is 2.57. The van der Waals surface area contributed by atoms with Crippen molar-refractivity contribution in [2.75, 3.05) is 19.6 Å². The summed E-state index contributed by atoms with van der Waals surface area (Å²) >= 11 is 0. The van der Waals surface area contributed by atoms with Crippen LogP contribution in [0.25, 0.3) is 10.8 Å². The summed E-state index contributed by atoms with van der Waals surface area (Å²) in [5, 5.41) is 6.26. The molecule has 2 nitrogen and oxygen atoms in total. The summed E-state index contributed by atoms with van der Waals surface area (Å²) in [5.41, 5.74) is 1.36. The molecule has 1 unspecified atom stereocenters. The molecule has 0 amide bonds. The summed E-state index contributed by atoms with van der Waals surface area (Å²) in [4.78, 5) is 2.46. The molecule has 2 aromatic carbocycles. The van der Waals surface area contributed by atoms with E-state index in [0.717, 1.165) is 26.2 Å². The van der Waals surface area contributed by atoms with E-state index in [4.69, 9.17) is 0 Å². The first-order valence-corrected chi connectivity index (χ1v) is 7.66. The summed E-state index contributed by atoms with van der Waals surface area (Å²) < 4.78 is 0. The van der Waals surface area contributed by atoms with Crippen LogP contribution in [0.2, 0.25) is 0 Å². The van der Waals surface area contributed by atoms with Crippen molar-refractivity contribution in [1.82, 2.24) is 10.2 Å². The van der Waals surface area contributed by atoms with Crippen LogP contribution in [0.5, 0.6) is 0 Å². The first-order chi connectivity index (χ1) is 9.72. The minimum absolute atomic E-state index is 0.515. The molecule has 2 rings (SSSR count). The molecule has 0 saturated heterocycles. The number of benzene rings is 2. The molecule has 2 aromatic rings. The van der Waals surface area contributed by atoms with Crippen LogP contribution in [0.15, 0.2) is 42.5 Å². The minimum Gasteiger partial charge on any atom is -0.309 e. The Kier molecular flexibility index (Phi) is 5.57. The quantitative estimate of drug-likeness (QED) is 0.826. The van der Waals surface area contributed by atoms with Gasteiger partial charge >= 0.3 is 0 Å². The maximum Gasteiger partial charge on any atom is 0.0208 e. The Morgan fingerprint density at radius 1 is 1.00 bits per heavy atom. The van der Waals surface area contributed by atoms with E-state index in [-0.39, 0.29) is 0 Å². The molecule has 2 heteroatoms. The number of likely N-dealkylation sites (N-methyl/N-ethyl adjacent to an activating group) is 1. The average molecular weight is 270 g/mol. The summed E-state index contributed by atoms with van der Waals surface area (Å²) in [6.45, 7) is 11.0. The van der Waals surface area contributed by atoms with Gasteiger partial charge < -0.3 is 10.2 Å². The highest BCUT2D eigenvalue weighted by molar-refractivity contribution is 5.82. The fourth-order valence-electron chi connectivity index (χ4n) is 2.57. The maximum atomic E-state index is 3.62. The van der Waals surface area contributed by atoms with Gasteiger partial charge in [-0.25, -0.2) is 0 Å². The molecule has 0 aliphatic carbocycles. The molecule has 0 aromatic heterocycles. The van der Waals surface area contributed by atoms with Gasteiger partial charge in [-0.2, -0.15) is 0 Å². The highest BCUT2D eigenvalue weighted by Gasteiger charge is 2.06. The molecule has 0 spiro atoms. The van der Waals surface area contributed by atoms with Gasteiger partial charge in [0.2, 0.25) is 0 Å². The van der Waals surface area contributed by atoms with Crippen molar-refractivity contribution in [3.05, 3.63) is 48.0 Å². The monoisotopic (exact) mass is 270 g/mol. The Morgan fingerprint density at radius 3 is 2.40 bits per heavy atom. The minimum atomic E-state index is 0.515. The van der Waals surface area contributed by atoms with Gasteiger partial charge in [0.25, 0.3) is 0 Å². The number of hydrogen-bond donors (Lipinski definition) is 1. The van der Waals surface area contributed by atoms with Crippen LogP contribution in [-0.4, -0.2) is 30.6 Å². The van der Waals surface area contributed by atoms with Crippen molar-refractivity contribution >= 4 is 10.8 Å². The standard InChI is InChI=1S/C18H26N2/c1-4-20(5-2)14-15(3)19-13-16-10-11-17-8-6-7-9-18(17)12-16/h6-12,15,19H,4-5,13-14H2,1-3H3. The number of nitrogens with zero attached hydrogens (tertiary/aromatic N) is 1. The fraction of sp³-hybridized carbons (Fsp3) is 0.444. The summed E-state index contributed by atoms with van der Waals surface area (Å²) in [5.74, 6) is 0. The normalized spacial score (nSPS) is 13.0. The zero-order chi connectivity index (χ0) is 14.4. The lowest BCUT2D eigenvalue weighted by molar-refractivity contribution is 0.270. The van der Waals surface area contributed by atoms with Crippen molar-refractivity contribution in [3.8, 4) is 0 Å². The van der Waals surface area contributed by atoms with Crippen LogP contribution in [-0.2, 0) is 6.54 Å². The van der Waals surface area contributed by atoms with Crippen LogP contribution in [0.1, 0.15) is 26.3 Å². The lowest BCUT2D eigenvalue weighted by Gasteiger charge is -2.23. The van der Waals surface area contributed by atoms with E-state index in [9.17, 15) is 0 Å². The maximum absolute atomic E-state index is 3.62. The zero-order valence-corrected chi connectivity index (χ0v) is 12.9. The van der Waals surface area contributed by atoms with E-state index in [0.29, 0.717) is 6.04 Å². The zero-order valence-electron chi connectivity index (χ0n) is 12.9. The van der Waals surface area contributed by atoms with Crippen LogP contribution in [0.3, 0.4) is 0 Å². The lowest BCUT2D eigenvalue weighted by atomic mass is 10.1. The van der Waals surface area contributed by atoms with E-state index in [1.807, 2.05) is 0 Å². The van der Waals surface area contributed by atoms with E-state index in [2.05, 4.69) is 73.5 Å². The van der Waals surface area contributed by atoms with Gasteiger partial charge in [0.1, 0.15) is 0 Å². The van der Waals surface area contributed by atoms with E-state index < -0.39 is 0 Å². The number of rotatable bonds is 7. The second-order valence-electron chi connectivity index (χ2n) is 5.45. The van der Waals surface area contributed by atoms with Crippen LogP contribution >= 0.6 is 0 Å². The van der Waals surface area contributed by atoms with Gasteiger partial charge in [-0.1, -0.05) is 50.2 Å². The first-order valence-electron chi connectivity index (χ1n) is 7.66. The Morgan fingerprint density at radius 2 is 1.70 bits per heavy atom. The van der Waals surface area contributed by atoms with Crippen molar-refractivity contribution in [2.45, 2.75) is 33.4 Å². The van der Waals surface area contributed by atoms with E-state index in [1.54, 1.807) is 0 Å². The van der Waals surface area contributed by atoms with Crippen molar-refractivity contribution in [2.24, 2.45) is 0 Å². The summed E-state index contributed by atoms with van der Waals surface area (Å²) in [7, 11) is 0. The van der Waals surface area contributed by atoms with Gasteiger partial charge in [-0.05, 0) is 42.4 Å². The summed E-state index contributed by atoms with van der Waals surface area (Å²) in [6, 6.07) is 15.8. The number of fused-ring (bicyclic) bond motifs is 1. The molecule has 20 heavy (non-hydrogen) atoms. The van der Waals surface area contributed by atoms with Crippen molar-refractivity contribution in [3.63, 3.8) is 0 Å². The number of hydrogen-bond acceptors (Lipinski definition) is 2. The molecular formula is C18H26N2. The molecular weight excluding hydrogens is 244 g/mol. The highest BCUT2D eigenvalue weighted by atomic mass is 15.1. The van der Waals surface area contributed by atoms with Crippen LogP contribution < -0.4 is 5.32 Å². The molecule has 1 N–H and O–H groups in total.